The fraction of sp³-hybridized carbons (Fsp3) is 0.0476. The van der Waals surface area contributed by atoms with Gasteiger partial charge >= 0.3 is 0 Å². The Labute approximate surface area is 148 Å². The van der Waals surface area contributed by atoms with E-state index in [9.17, 15) is 0 Å². The van der Waals surface area contributed by atoms with Crippen molar-refractivity contribution in [3.8, 4) is 0 Å². The summed E-state index contributed by atoms with van der Waals surface area (Å²) in [5.74, 6) is 0. The van der Waals surface area contributed by atoms with Gasteiger partial charge in [-0.1, -0.05) is 106 Å². The number of hydrogen-bond donors (Lipinski definition) is 0. The molecule has 0 N–H and O–H groups in total. The maximum absolute atomic E-state index is 5.14. The molecular formula is C21H25ClSi. The van der Waals surface area contributed by atoms with Crippen molar-refractivity contribution in [1.82, 2.24) is 0 Å². The molecule has 2 heteroatoms. The molecule has 0 saturated heterocycles. The highest BCUT2D eigenvalue weighted by Gasteiger charge is 1.85. The molecule has 0 fully saturated rings. The van der Waals surface area contributed by atoms with E-state index < -0.39 is 0 Å². The molecule has 2 aromatic carbocycles. The summed E-state index contributed by atoms with van der Waals surface area (Å²) in [6, 6.07) is 16.1. The van der Waals surface area contributed by atoms with Crippen molar-refractivity contribution in [3.05, 3.63) is 97.1 Å². The van der Waals surface area contributed by atoms with Gasteiger partial charge in [0.15, 0.2) is 0 Å². The Morgan fingerprint density at radius 1 is 0.609 bits per heavy atom. The molecule has 0 amide bonds. The van der Waals surface area contributed by atoms with Gasteiger partial charge in [-0.3, -0.25) is 0 Å². The fourth-order valence-corrected chi connectivity index (χ4v) is 1.54. The van der Waals surface area contributed by atoms with Gasteiger partial charge in [0.1, 0.15) is 8.83 Å². The van der Waals surface area contributed by atoms with Crippen LogP contribution < -0.4 is 0 Å². The predicted molar refractivity (Wildman–Crippen MR) is 114 cm³/mol. The zero-order chi connectivity index (χ0) is 17.5. The summed E-state index contributed by atoms with van der Waals surface area (Å²) in [6.45, 7) is 16.7. The van der Waals surface area contributed by atoms with Crippen molar-refractivity contribution in [2.24, 2.45) is 0 Å². The first-order chi connectivity index (χ1) is 11.1. The van der Waals surface area contributed by atoms with E-state index in [1.807, 2.05) is 79.4 Å². The maximum Gasteiger partial charge on any atom is 0.122 e. The minimum Gasteiger partial charge on any atom is -0.176 e. The topological polar surface area (TPSA) is 0 Å². The molecule has 0 aromatic heterocycles. The molecule has 0 aliphatic rings. The van der Waals surface area contributed by atoms with E-state index >= 15 is 0 Å². The maximum atomic E-state index is 5.14. The van der Waals surface area contributed by atoms with E-state index in [2.05, 4.69) is 26.3 Å². The highest BCUT2D eigenvalue weighted by Crippen LogP contribution is 2.06. The number of benzene rings is 2. The summed E-state index contributed by atoms with van der Waals surface area (Å²) in [4.78, 5) is 0. The van der Waals surface area contributed by atoms with Crippen LogP contribution in [0.2, 0.25) is 6.55 Å². The molecule has 0 unspecified atom stereocenters. The van der Waals surface area contributed by atoms with Crippen LogP contribution in [0.1, 0.15) is 22.3 Å². The minimum absolute atomic E-state index is 0.111. The first-order valence-corrected chi connectivity index (χ1v) is 11.0. The fourth-order valence-electron chi connectivity index (χ4n) is 1.54. The second kappa shape index (κ2) is 13.6. The van der Waals surface area contributed by atoms with Gasteiger partial charge in [-0.05, 0) is 22.3 Å². The lowest BCUT2D eigenvalue weighted by Gasteiger charge is -1.92. The summed E-state index contributed by atoms with van der Waals surface area (Å²) in [5, 5.41) is 0. The van der Waals surface area contributed by atoms with E-state index in [0.717, 1.165) is 22.3 Å². The van der Waals surface area contributed by atoms with E-state index in [1.54, 1.807) is 0 Å². The molecule has 0 bridgehead atoms. The monoisotopic (exact) mass is 340 g/mol. The summed E-state index contributed by atoms with van der Waals surface area (Å²) >= 11 is 5.14. The van der Waals surface area contributed by atoms with Crippen LogP contribution in [0.25, 0.3) is 24.3 Å². The van der Waals surface area contributed by atoms with Crippen LogP contribution in [-0.2, 0) is 0 Å². The Bertz CT molecular complexity index is 485. The molecule has 0 aliphatic carbocycles. The number of halogens is 1. The first kappa shape index (κ1) is 20.9. The lowest BCUT2D eigenvalue weighted by molar-refractivity contribution is 1.63. The largest absolute Gasteiger partial charge is 0.176 e. The van der Waals surface area contributed by atoms with Crippen LogP contribution in [0.5, 0.6) is 0 Å². The summed E-state index contributed by atoms with van der Waals surface area (Å²) in [5.41, 5.74) is 4.58. The lowest BCUT2D eigenvalue weighted by Crippen LogP contribution is -1.71. The molecule has 0 heterocycles. The van der Waals surface area contributed by atoms with Crippen molar-refractivity contribution in [1.29, 1.82) is 0 Å². The van der Waals surface area contributed by atoms with Crippen molar-refractivity contribution in [2.75, 3.05) is 0 Å². The summed E-state index contributed by atoms with van der Waals surface area (Å²) in [7, 11) is -0.111. The van der Waals surface area contributed by atoms with Crippen LogP contribution in [0.4, 0.5) is 0 Å². The third-order valence-electron chi connectivity index (χ3n) is 2.82. The number of hydrogen-bond acceptors (Lipinski definition) is 0. The van der Waals surface area contributed by atoms with Gasteiger partial charge in [-0.25, -0.2) is 0 Å². The summed E-state index contributed by atoms with van der Waals surface area (Å²) < 4.78 is 0. The summed E-state index contributed by atoms with van der Waals surface area (Å²) in [6.07, 6.45) is 7.31. The molecule has 0 aliphatic heterocycles. The predicted octanol–water partition coefficient (Wildman–Crippen LogP) is 6.30. The smallest absolute Gasteiger partial charge is 0.122 e. The van der Waals surface area contributed by atoms with Crippen LogP contribution in [0.15, 0.2) is 74.8 Å². The first-order valence-electron chi connectivity index (χ1n) is 7.40. The Balaban J connectivity index is 0.000000360. The Morgan fingerprint density at radius 2 is 0.739 bits per heavy atom. The quantitative estimate of drug-likeness (QED) is 0.452. The van der Waals surface area contributed by atoms with Gasteiger partial charge in [-0.2, -0.15) is 11.1 Å². The van der Waals surface area contributed by atoms with E-state index in [-0.39, 0.29) is 8.83 Å². The van der Waals surface area contributed by atoms with Gasteiger partial charge in [-0.15, -0.1) is 0 Å². The Hall–Kier alpha value is -2.09. The highest BCUT2D eigenvalue weighted by atomic mass is 35.6. The third kappa shape index (κ3) is 9.51. The Kier molecular flexibility index (Phi) is 12.3. The Morgan fingerprint density at radius 3 is 0.826 bits per heavy atom. The van der Waals surface area contributed by atoms with E-state index in [4.69, 9.17) is 11.1 Å². The van der Waals surface area contributed by atoms with Crippen LogP contribution >= 0.6 is 11.1 Å². The molecule has 0 radical (unpaired) electrons. The second-order valence-electron chi connectivity index (χ2n) is 4.42. The van der Waals surface area contributed by atoms with Crippen molar-refractivity contribution in [2.45, 2.75) is 6.55 Å². The average Bonchev–Trinajstić information content (AvgIpc) is 2.63. The van der Waals surface area contributed by atoms with Gasteiger partial charge < -0.3 is 0 Å². The van der Waals surface area contributed by atoms with Crippen molar-refractivity contribution in [3.63, 3.8) is 0 Å². The molecule has 0 atom stereocenters. The van der Waals surface area contributed by atoms with Crippen LogP contribution in [0.3, 0.4) is 0 Å². The molecule has 120 valence electrons. The molecule has 0 spiro atoms. The zero-order valence-corrected chi connectivity index (χ0v) is 16.0. The standard InChI is InChI=1S/2C10H10.CH5ClSi/c2*1-3-9-5-7-10(4-2)8-6-9;1-3-2/h2*3-8H,1-2H2;3H2,1H3. The third-order valence-corrected chi connectivity index (χ3v) is 2.82. The van der Waals surface area contributed by atoms with Gasteiger partial charge in [0, 0.05) is 0 Å². The molecule has 0 saturated carbocycles. The second-order valence-corrected chi connectivity index (χ2v) is 6.56. The highest BCUT2D eigenvalue weighted by molar-refractivity contribution is 6.92. The molecule has 23 heavy (non-hydrogen) atoms. The number of rotatable bonds is 4. The molecule has 2 rings (SSSR count). The SMILES string of the molecule is C=Cc1ccc(C=C)cc1.C=Cc1ccc(C=C)cc1.C[SiH2]Cl. The van der Waals surface area contributed by atoms with E-state index in [0.29, 0.717) is 0 Å². The zero-order valence-electron chi connectivity index (χ0n) is 13.8. The molecule has 2 aromatic rings. The van der Waals surface area contributed by atoms with Crippen LogP contribution in [-0.4, -0.2) is 8.83 Å². The molecular weight excluding hydrogens is 316 g/mol. The van der Waals surface area contributed by atoms with Gasteiger partial charge in [0.05, 0.1) is 0 Å². The van der Waals surface area contributed by atoms with Gasteiger partial charge in [0.2, 0.25) is 0 Å². The van der Waals surface area contributed by atoms with E-state index in [1.165, 1.54) is 0 Å². The van der Waals surface area contributed by atoms with Crippen molar-refractivity contribution >= 4 is 44.2 Å². The van der Waals surface area contributed by atoms with Crippen molar-refractivity contribution < 1.29 is 0 Å². The lowest BCUT2D eigenvalue weighted by atomic mass is 10.1. The minimum atomic E-state index is -0.111. The normalized spacial score (nSPS) is 8.96. The van der Waals surface area contributed by atoms with Gasteiger partial charge in [0.25, 0.3) is 0 Å². The van der Waals surface area contributed by atoms with Crippen LogP contribution in [0, 0.1) is 0 Å². The average molecular weight is 341 g/mol. The molecule has 0 nitrogen and oxygen atoms in total.